The van der Waals surface area contributed by atoms with E-state index in [0.29, 0.717) is 23.8 Å². The number of hydrogen-bond donors (Lipinski definition) is 1. The molecule has 122 valence electrons. The van der Waals surface area contributed by atoms with E-state index in [-0.39, 0.29) is 11.6 Å². The van der Waals surface area contributed by atoms with Crippen LogP contribution in [-0.2, 0) is 6.54 Å². The molecule has 23 heavy (non-hydrogen) atoms. The average molecular weight is 332 g/mol. The number of aryl methyl sites for hydroxylation is 3. The third kappa shape index (κ3) is 3.04. The third-order valence-electron chi connectivity index (χ3n) is 3.90. The van der Waals surface area contributed by atoms with Gasteiger partial charge in [0.15, 0.2) is 0 Å². The smallest absolute Gasteiger partial charge is 0.274 e. The fraction of sp³-hybridized carbons (Fsp3) is 0.467. The largest absolute Gasteiger partial charge is 0.292 e. The lowest BCUT2D eigenvalue weighted by Gasteiger charge is -2.23. The summed E-state index contributed by atoms with van der Waals surface area (Å²) in [7, 11) is 2.01. The molecule has 3 aromatic heterocycles. The van der Waals surface area contributed by atoms with E-state index in [1.165, 1.54) is 9.39 Å². The van der Waals surface area contributed by atoms with Crippen LogP contribution in [-0.4, -0.2) is 36.5 Å². The molecule has 1 atom stereocenters. The molecular weight excluding hydrogens is 312 g/mol. The van der Waals surface area contributed by atoms with Crippen molar-refractivity contribution in [3.05, 3.63) is 43.5 Å². The molecule has 0 aliphatic carbocycles. The predicted octanol–water partition coefficient (Wildman–Crippen LogP) is 1.99. The molecule has 3 rings (SSSR count). The van der Waals surface area contributed by atoms with Crippen LogP contribution in [0.3, 0.4) is 0 Å². The van der Waals surface area contributed by atoms with Gasteiger partial charge >= 0.3 is 0 Å². The van der Waals surface area contributed by atoms with Crippen molar-refractivity contribution in [1.29, 1.82) is 0 Å². The quantitative estimate of drug-likeness (QED) is 0.790. The minimum absolute atomic E-state index is 0.146. The van der Waals surface area contributed by atoms with Crippen LogP contribution >= 0.6 is 11.3 Å². The lowest BCUT2D eigenvalue weighted by Crippen LogP contribution is -2.25. The summed E-state index contributed by atoms with van der Waals surface area (Å²) in [5.74, 6) is 1.08. The summed E-state index contributed by atoms with van der Waals surface area (Å²) >= 11 is 1.71. The van der Waals surface area contributed by atoms with Crippen molar-refractivity contribution in [2.45, 2.75) is 40.3 Å². The van der Waals surface area contributed by atoms with Crippen molar-refractivity contribution in [2.24, 2.45) is 0 Å². The van der Waals surface area contributed by atoms with Crippen LogP contribution in [0.15, 0.2) is 10.9 Å². The maximum atomic E-state index is 12.1. The number of nitrogens with zero attached hydrogens (tertiary/aromatic N) is 5. The van der Waals surface area contributed by atoms with Gasteiger partial charge in [-0.25, -0.2) is 9.97 Å². The molecule has 3 aromatic rings. The number of fused-ring (bicyclic) bond motifs is 1. The lowest BCUT2D eigenvalue weighted by atomic mass is 10.2. The van der Waals surface area contributed by atoms with E-state index in [0.717, 1.165) is 10.7 Å². The Morgan fingerprint density at radius 3 is 2.70 bits per heavy atom. The summed E-state index contributed by atoms with van der Waals surface area (Å²) in [6.45, 7) is 8.59. The van der Waals surface area contributed by atoms with Crippen molar-refractivity contribution in [2.75, 3.05) is 7.05 Å². The summed E-state index contributed by atoms with van der Waals surface area (Å²) in [6, 6.07) is 1.70. The van der Waals surface area contributed by atoms with Crippen LogP contribution in [0.4, 0.5) is 0 Å². The van der Waals surface area contributed by atoms with Crippen molar-refractivity contribution in [3.8, 4) is 0 Å². The Bertz CT molecular complexity index is 908. The Labute approximate surface area is 138 Å². The maximum Gasteiger partial charge on any atom is 0.274 e. The van der Waals surface area contributed by atoms with Gasteiger partial charge in [-0.05, 0) is 34.7 Å². The molecule has 1 N–H and O–H groups in total. The summed E-state index contributed by atoms with van der Waals surface area (Å²) in [5, 5.41) is 3.95. The monoisotopic (exact) mass is 332 g/mol. The zero-order valence-corrected chi connectivity index (χ0v) is 14.7. The molecule has 3 heterocycles. The second-order valence-corrected chi connectivity index (χ2v) is 7.20. The molecule has 0 amide bonds. The standard InChI is InChI=1S/C15H20N6OS/c1-8(14-9(2)23-11(4)17-14)20(5)7-12-6-13(22)21-15(18-12)16-10(3)19-21/h6,8H,7H2,1-5H3,(H,16,18,19)/t8-/m1/s1. The Balaban J connectivity index is 1.86. The molecule has 0 aliphatic heterocycles. The van der Waals surface area contributed by atoms with Crippen LogP contribution < -0.4 is 5.56 Å². The van der Waals surface area contributed by atoms with E-state index in [9.17, 15) is 4.79 Å². The van der Waals surface area contributed by atoms with Crippen LogP contribution in [0.1, 0.15) is 40.1 Å². The number of rotatable bonds is 4. The van der Waals surface area contributed by atoms with Crippen molar-refractivity contribution >= 4 is 17.1 Å². The average Bonchev–Trinajstić information content (AvgIpc) is 3.00. The second-order valence-electron chi connectivity index (χ2n) is 5.80. The van der Waals surface area contributed by atoms with Gasteiger partial charge in [0.25, 0.3) is 11.3 Å². The molecule has 0 saturated carbocycles. The first-order valence-corrected chi connectivity index (χ1v) is 8.26. The molecule has 0 saturated heterocycles. The van der Waals surface area contributed by atoms with Gasteiger partial charge in [0.1, 0.15) is 5.82 Å². The number of aromatic amines is 1. The highest BCUT2D eigenvalue weighted by atomic mass is 32.1. The van der Waals surface area contributed by atoms with Gasteiger partial charge < -0.3 is 0 Å². The molecule has 8 heteroatoms. The Morgan fingerprint density at radius 2 is 2.04 bits per heavy atom. The molecule has 0 aliphatic rings. The van der Waals surface area contributed by atoms with Crippen LogP contribution in [0.2, 0.25) is 0 Å². The van der Waals surface area contributed by atoms with E-state index in [2.05, 4.69) is 38.8 Å². The Morgan fingerprint density at radius 1 is 1.30 bits per heavy atom. The first-order valence-electron chi connectivity index (χ1n) is 7.44. The fourth-order valence-electron chi connectivity index (χ4n) is 2.65. The number of hydrogen-bond acceptors (Lipinski definition) is 6. The van der Waals surface area contributed by atoms with Gasteiger partial charge in [0.2, 0.25) is 0 Å². The highest BCUT2D eigenvalue weighted by molar-refractivity contribution is 7.11. The number of nitrogens with one attached hydrogen (secondary N) is 1. The van der Waals surface area contributed by atoms with Crippen LogP contribution in [0.25, 0.3) is 5.78 Å². The number of H-pyrrole nitrogens is 1. The summed E-state index contributed by atoms with van der Waals surface area (Å²) in [6.07, 6.45) is 0. The van der Waals surface area contributed by atoms with Crippen molar-refractivity contribution in [1.82, 2.24) is 29.5 Å². The molecule has 0 unspecified atom stereocenters. The molecule has 0 bridgehead atoms. The van der Waals surface area contributed by atoms with E-state index in [4.69, 9.17) is 0 Å². The van der Waals surface area contributed by atoms with Gasteiger partial charge in [-0.15, -0.1) is 11.3 Å². The highest BCUT2D eigenvalue weighted by Crippen LogP contribution is 2.26. The SMILES string of the molecule is Cc1nc2nc(CN(C)[C@H](C)c3nc(C)sc3C)cc(=O)n2[nH]1. The van der Waals surface area contributed by atoms with Gasteiger partial charge in [-0.2, -0.15) is 9.50 Å². The topological polar surface area (TPSA) is 79.2 Å². The number of aromatic nitrogens is 5. The predicted molar refractivity (Wildman–Crippen MR) is 89.8 cm³/mol. The summed E-state index contributed by atoms with van der Waals surface area (Å²) in [5.41, 5.74) is 1.65. The first-order chi connectivity index (χ1) is 10.8. The molecule has 0 spiro atoms. The molecule has 7 nitrogen and oxygen atoms in total. The van der Waals surface area contributed by atoms with Gasteiger partial charge in [0, 0.05) is 17.5 Å². The van der Waals surface area contributed by atoms with E-state index >= 15 is 0 Å². The Kier molecular flexibility index (Phi) is 4.03. The second kappa shape index (κ2) is 5.86. The molecule has 0 aromatic carbocycles. The minimum atomic E-state index is -0.146. The molecule has 0 radical (unpaired) electrons. The zero-order chi connectivity index (χ0) is 16.7. The van der Waals surface area contributed by atoms with Crippen molar-refractivity contribution < 1.29 is 0 Å². The molecular formula is C15H20N6OS. The lowest BCUT2D eigenvalue weighted by molar-refractivity contribution is 0.245. The van der Waals surface area contributed by atoms with Crippen molar-refractivity contribution in [3.63, 3.8) is 0 Å². The summed E-state index contributed by atoms with van der Waals surface area (Å²) in [4.78, 5) is 28.8. The maximum absolute atomic E-state index is 12.1. The highest BCUT2D eigenvalue weighted by Gasteiger charge is 2.18. The molecule has 0 fully saturated rings. The van der Waals surface area contributed by atoms with E-state index in [1.807, 2.05) is 14.0 Å². The van der Waals surface area contributed by atoms with Gasteiger partial charge in [0.05, 0.1) is 22.4 Å². The third-order valence-corrected chi connectivity index (χ3v) is 4.81. The number of thiazole rings is 1. The Hall–Kier alpha value is -2.06. The summed E-state index contributed by atoms with van der Waals surface area (Å²) < 4.78 is 1.36. The minimum Gasteiger partial charge on any atom is -0.292 e. The normalized spacial score (nSPS) is 13.1. The van der Waals surface area contributed by atoms with Crippen LogP contribution in [0.5, 0.6) is 0 Å². The van der Waals surface area contributed by atoms with E-state index in [1.54, 1.807) is 24.3 Å². The zero-order valence-electron chi connectivity index (χ0n) is 13.9. The fourth-order valence-corrected chi connectivity index (χ4v) is 3.56. The first kappa shape index (κ1) is 15.8. The van der Waals surface area contributed by atoms with E-state index < -0.39 is 0 Å². The van der Waals surface area contributed by atoms with Gasteiger partial charge in [-0.1, -0.05) is 0 Å². The van der Waals surface area contributed by atoms with Crippen LogP contribution in [0, 0.1) is 20.8 Å². The van der Waals surface area contributed by atoms with Gasteiger partial charge in [-0.3, -0.25) is 14.8 Å².